The summed E-state index contributed by atoms with van der Waals surface area (Å²) in [7, 11) is 1.74. The zero-order chi connectivity index (χ0) is 20.4. The first-order valence-electron chi connectivity index (χ1n) is 9.00. The highest BCUT2D eigenvalue weighted by atomic mass is 35.5. The highest BCUT2D eigenvalue weighted by Gasteiger charge is 2.37. The van der Waals surface area contributed by atoms with Crippen LogP contribution in [0.2, 0.25) is 5.02 Å². The number of likely N-dealkylation sites (N-methyl/N-ethyl adjacent to an activating group) is 1. The first-order valence-corrected chi connectivity index (χ1v) is 11.1. The van der Waals surface area contributed by atoms with Crippen LogP contribution in [0.1, 0.15) is 10.4 Å². The molecule has 1 atom stereocenters. The fraction of sp³-hybridized carbons (Fsp3) is 0.136. The van der Waals surface area contributed by atoms with Crippen LogP contribution in [0, 0.1) is 0 Å². The minimum Gasteiger partial charge on any atom is -0.347 e. The van der Waals surface area contributed by atoms with Crippen LogP contribution in [-0.2, 0) is 16.1 Å². The van der Waals surface area contributed by atoms with E-state index in [0.717, 1.165) is 16.2 Å². The second kappa shape index (κ2) is 8.53. The number of nitrogens with one attached hydrogen (secondary N) is 1. The Balaban J connectivity index is 1.55. The Morgan fingerprint density at radius 1 is 1.31 bits per heavy atom. The van der Waals surface area contributed by atoms with Crippen LogP contribution in [0.5, 0.6) is 0 Å². The number of nitrogens with zero attached hydrogens (tertiary/aromatic N) is 1. The van der Waals surface area contributed by atoms with E-state index in [2.05, 4.69) is 5.32 Å². The number of carbonyl (C=O) groups is 2. The molecule has 0 saturated carbocycles. The zero-order valence-electron chi connectivity index (χ0n) is 15.6. The molecule has 146 valence electrons. The van der Waals surface area contributed by atoms with Gasteiger partial charge in [0.15, 0.2) is 0 Å². The Morgan fingerprint density at radius 3 is 2.93 bits per heavy atom. The predicted molar refractivity (Wildman–Crippen MR) is 120 cm³/mol. The summed E-state index contributed by atoms with van der Waals surface area (Å²) in [6.07, 6.45) is 7.45. The Hall–Kier alpha value is -2.41. The van der Waals surface area contributed by atoms with Crippen LogP contribution in [0.25, 0.3) is 6.08 Å². The van der Waals surface area contributed by atoms with Gasteiger partial charge in [0.1, 0.15) is 17.2 Å². The third-order valence-corrected chi connectivity index (χ3v) is 6.92. The summed E-state index contributed by atoms with van der Waals surface area (Å²) in [5, 5.41) is 5.52. The van der Waals surface area contributed by atoms with E-state index in [1.165, 1.54) is 11.8 Å². The van der Waals surface area contributed by atoms with E-state index >= 15 is 0 Å². The van der Waals surface area contributed by atoms with Crippen LogP contribution >= 0.6 is 34.7 Å². The fourth-order valence-electron chi connectivity index (χ4n) is 3.10. The van der Waals surface area contributed by atoms with Crippen LogP contribution in [0.4, 0.5) is 0 Å². The van der Waals surface area contributed by atoms with Crippen molar-refractivity contribution in [2.24, 2.45) is 0 Å². The minimum atomic E-state index is -0.147. The average molecular weight is 442 g/mol. The molecule has 0 saturated heterocycles. The number of benzene rings is 1. The number of amides is 2. The maximum atomic E-state index is 12.9. The Morgan fingerprint density at radius 2 is 2.17 bits per heavy atom. The normalized spacial score (nSPS) is 19.9. The summed E-state index contributed by atoms with van der Waals surface area (Å²) < 4.78 is 1.62. The highest BCUT2D eigenvalue weighted by molar-refractivity contribution is 8.05. The number of carbonyl (C=O) groups excluding carboxylic acids is 2. The van der Waals surface area contributed by atoms with Gasteiger partial charge in [-0.25, -0.2) is 4.79 Å². The maximum Gasteiger partial charge on any atom is 0.425 e. The van der Waals surface area contributed by atoms with Gasteiger partial charge in [-0.1, -0.05) is 53.7 Å². The number of halogens is 1. The molecule has 1 aromatic carbocycles. The van der Waals surface area contributed by atoms with Gasteiger partial charge in [0.05, 0.1) is 6.54 Å². The largest absolute Gasteiger partial charge is 0.425 e. The molecule has 4 nitrogen and oxygen atoms in total. The molecule has 0 spiro atoms. The lowest BCUT2D eigenvalue weighted by Gasteiger charge is -2.21. The Labute approximate surface area is 182 Å². The van der Waals surface area contributed by atoms with E-state index in [1.807, 2.05) is 53.9 Å². The molecule has 1 N–H and O–H groups in total. The molecular formula is C22H18ClN2O2S2+. The first-order chi connectivity index (χ1) is 14.0. The van der Waals surface area contributed by atoms with Crippen molar-refractivity contribution in [1.82, 2.24) is 5.32 Å². The highest BCUT2D eigenvalue weighted by Crippen LogP contribution is 2.33. The van der Waals surface area contributed by atoms with E-state index in [9.17, 15) is 9.59 Å². The van der Waals surface area contributed by atoms with Gasteiger partial charge in [0.2, 0.25) is 5.71 Å². The number of thioether (sulfide) groups is 1. The number of fused-ring (bicyclic) bond motifs is 1. The third kappa shape index (κ3) is 4.45. The monoisotopic (exact) mass is 441 g/mol. The van der Waals surface area contributed by atoms with Gasteiger partial charge in [0.25, 0.3) is 5.91 Å². The summed E-state index contributed by atoms with van der Waals surface area (Å²) in [5.41, 5.74) is 2.25. The first kappa shape index (κ1) is 19.9. The van der Waals surface area contributed by atoms with Gasteiger partial charge >= 0.3 is 5.91 Å². The summed E-state index contributed by atoms with van der Waals surface area (Å²) in [6, 6.07) is 11.3. The van der Waals surface area contributed by atoms with E-state index in [-0.39, 0.29) is 17.1 Å². The third-order valence-electron chi connectivity index (χ3n) is 4.61. The van der Waals surface area contributed by atoms with Crippen molar-refractivity contribution in [2.75, 3.05) is 7.05 Å². The van der Waals surface area contributed by atoms with Gasteiger partial charge in [-0.3, -0.25) is 4.79 Å². The topological polar surface area (TPSA) is 49.2 Å². The molecule has 0 radical (unpaired) electrons. The van der Waals surface area contributed by atoms with E-state index in [4.69, 9.17) is 11.6 Å². The SMILES string of the molecule is C[N+]1=C2C=C(C(=O)NCc3cccs3)C=CC2S/C(=C\c2cccc(Cl)c2)C1=O. The molecule has 1 aliphatic heterocycles. The molecule has 1 aromatic heterocycles. The van der Waals surface area contributed by atoms with Gasteiger partial charge in [0, 0.05) is 21.5 Å². The lowest BCUT2D eigenvalue weighted by Crippen LogP contribution is -2.37. The molecule has 2 heterocycles. The van der Waals surface area contributed by atoms with Crippen molar-refractivity contribution in [3.8, 4) is 0 Å². The van der Waals surface area contributed by atoms with Gasteiger partial charge in [-0.15, -0.1) is 11.3 Å². The summed E-state index contributed by atoms with van der Waals surface area (Å²) in [6.45, 7) is 0.497. The molecule has 4 rings (SSSR count). The van der Waals surface area contributed by atoms with Crippen molar-refractivity contribution >= 4 is 58.3 Å². The number of allylic oxidation sites excluding steroid dienone is 1. The minimum absolute atomic E-state index is 0.0167. The Kier molecular flexibility index (Phi) is 5.85. The van der Waals surface area contributed by atoms with E-state index in [1.54, 1.807) is 35.1 Å². The second-order valence-electron chi connectivity index (χ2n) is 6.61. The standard InChI is InChI=1S/C22H17ClN2O2S2/c1-25-18-12-15(21(26)24-13-17-6-3-9-28-17)7-8-19(18)29-20(22(25)27)11-14-4-2-5-16(23)10-14/h2-12,19H,13H2,1H3/p+1/b20-11-. The van der Waals surface area contributed by atoms with Crippen molar-refractivity contribution in [1.29, 1.82) is 0 Å². The summed E-state index contributed by atoms with van der Waals surface area (Å²) in [4.78, 5) is 27.1. The molecule has 2 aromatic rings. The maximum absolute atomic E-state index is 12.9. The predicted octanol–water partition coefficient (Wildman–Crippen LogP) is 4.28. The number of thiophene rings is 1. The van der Waals surface area contributed by atoms with Crippen LogP contribution in [0.15, 0.2) is 70.5 Å². The van der Waals surface area contributed by atoms with E-state index in [0.29, 0.717) is 22.0 Å². The summed E-state index contributed by atoms with van der Waals surface area (Å²) in [5.74, 6) is -0.238. The van der Waals surface area contributed by atoms with Gasteiger partial charge in [-0.2, -0.15) is 4.58 Å². The molecule has 7 heteroatoms. The smallest absolute Gasteiger partial charge is 0.347 e. The molecule has 0 bridgehead atoms. The van der Waals surface area contributed by atoms with Crippen LogP contribution in [-0.4, -0.2) is 34.4 Å². The van der Waals surface area contributed by atoms with Crippen LogP contribution < -0.4 is 5.32 Å². The molecule has 29 heavy (non-hydrogen) atoms. The number of rotatable bonds is 4. The quantitative estimate of drug-likeness (QED) is 0.569. The van der Waals surface area contributed by atoms with Gasteiger partial charge < -0.3 is 5.32 Å². The molecule has 1 aliphatic carbocycles. The van der Waals surface area contributed by atoms with Crippen molar-refractivity contribution < 1.29 is 14.2 Å². The lowest BCUT2D eigenvalue weighted by atomic mass is 10.0. The number of hydrogen-bond acceptors (Lipinski definition) is 4. The molecule has 2 amide bonds. The van der Waals surface area contributed by atoms with Crippen LogP contribution in [0.3, 0.4) is 0 Å². The second-order valence-corrected chi connectivity index (χ2v) is 9.26. The fourth-order valence-corrected chi connectivity index (χ4v) is 5.17. The zero-order valence-corrected chi connectivity index (χ0v) is 18.0. The van der Waals surface area contributed by atoms with E-state index < -0.39 is 0 Å². The lowest BCUT2D eigenvalue weighted by molar-refractivity contribution is -0.413. The Bertz CT molecular complexity index is 1100. The average Bonchev–Trinajstić information content (AvgIpc) is 3.23. The molecular weight excluding hydrogens is 424 g/mol. The number of hydrogen-bond donors (Lipinski definition) is 1. The van der Waals surface area contributed by atoms with Crippen molar-refractivity contribution in [2.45, 2.75) is 11.8 Å². The molecule has 2 aliphatic rings. The van der Waals surface area contributed by atoms with Crippen molar-refractivity contribution in [3.05, 3.63) is 85.9 Å². The van der Waals surface area contributed by atoms with Crippen molar-refractivity contribution in [3.63, 3.8) is 0 Å². The molecule has 1 unspecified atom stereocenters. The summed E-state index contributed by atoms with van der Waals surface area (Å²) >= 11 is 9.14. The molecule has 0 fully saturated rings. The van der Waals surface area contributed by atoms with Gasteiger partial charge in [-0.05, 0) is 35.2 Å².